The van der Waals surface area contributed by atoms with Crippen LogP contribution in [0.1, 0.15) is 32.8 Å². The number of nitrogens with one attached hydrogen (secondary N) is 3. The van der Waals surface area contributed by atoms with Crippen LogP contribution in [-0.4, -0.2) is 73.6 Å². The third kappa shape index (κ3) is 5.85. The molecule has 2 amide bonds. The molecule has 3 N–H and O–H groups in total. The van der Waals surface area contributed by atoms with E-state index in [-0.39, 0.29) is 24.4 Å². The molecule has 39 heavy (non-hydrogen) atoms. The standard InChI is InChI=1S/C27H32N8O3S/c1-15-11-31-25(32-17-10-16(23(36)28-5)13-35(14-17)26(37)38-27(2,3)4)34-21(15)19-12-30-22-18(19)6-7-20(33-22)24-29-8-9-39-24/h6-9,11-12,16-17H,10,13-14H2,1-5H3,(H,28,36)(H,30,33)(H,31,32,34)/t16-,17+/m1/s1. The molecule has 2 atom stereocenters. The summed E-state index contributed by atoms with van der Waals surface area (Å²) >= 11 is 1.54. The number of carbonyl (C=O) groups excluding carboxylic acids is 2. The minimum absolute atomic E-state index is 0.121. The van der Waals surface area contributed by atoms with Gasteiger partial charge >= 0.3 is 6.09 Å². The van der Waals surface area contributed by atoms with Crippen LogP contribution in [-0.2, 0) is 9.53 Å². The Hall–Kier alpha value is -4.06. The maximum Gasteiger partial charge on any atom is 0.410 e. The third-order valence-electron chi connectivity index (χ3n) is 6.47. The van der Waals surface area contributed by atoms with E-state index in [1.165, 1.54) is 0 Å². The highest BCUT2D eigenvalue weighted by molar-refractivity contribution is 7.13. The molecule has 5 rings (SSSR count). The fourth-order valence-electron chi connectivity index (χ4n) is 4.71. The van der Waals surface area contributed by atoms with Crippen molar-refractivity contribution in [3.8, 4) is 22.0 Å². The number of amides is 2. The minimum atomic E-state index is -0.635. The van der Waals surface area contributed by atoms with Gasteiger partial charge in [-0.2, -0.15) is 0 Å². The number of pyridine rings is 1. The van der Waals surface area contributed by atoms with E-state index in [9.17, 15) is 9.59 Å². The van der Waals surface area contributed by atoms with Crippen LogP contribution in [0.4, 0.5) is 10.7 Å². The fraction of sp³-hybridized carbons (Fsp3) is 0.407. The average molecular weight is 549 g/mol. The van der Waals surface area contributed by atoms with Gasteiger partial charge in [-0.1, -0.05) is 0 Å². The highest BCUT2D eigenvalue weighted by atomic mass is 32.1. The maximum atomic E-state index is 12.8. The number of hydrogen-bond acceptors (Lipinski definition) is 9. The lowest BCUT2D eigenvalue weighted by Crippen LogP contribution is -2.53. The number of anilines is 1. The summed E-state index contributed by atoms with van der Waals surface area (Å²) in [5.74, 6) is -0.0848. The highest BCUT2D eigenvalue weighted by Gasteiger charge is 2.35. The molecule has 1 fully saturated rings. The number of H-pyrrole nitrogens is 1. The molecule has 0 aromatic carbocycles. The van der Waals surface area contributed by atoms with Crippen LogP contribution in [0.15, 0.2) is 36.1 Å². The van der Waals surface area contributed by atoms with Crippen LogP contribution in [0.25, 0.3) is 33.0 Å². The lowest BCUT2D eigenvalue weighted by Gasteiger charge is -2.38. The molecule has 0 aliphatic carbocycles. The zero-order valence-electron chi connectivity index (χ0n) is 22.6. The fourth-order valence-corrected chi connectivity index (χ4v) is 5.32. The van der Waals surface area contributed by atoms with Gasteiger partial charge in [-0.3, -0.25) is 4.79 Å². The van der Waals surface area contributed by atoms with E-state index >= 15 is 0 Å². The van der Waals surface area contributed by atoms with Crippen LogP contribution in [0, 0.1) is 12.8 Å². The smallest absolute Gasteiger partial charge is 0.410 e. The van der Waals surface area contributed by atoms with Crippen molar-refractivity contribution >= 4 is 40.3 Å². The van der Waals surface area contributed by atoms with E-state index in [0.717, 1.165) is 38.6 Å². The number of likely N-dealkylation sites (tertiary alicyclic amines) is 1. The normalized spacial score (nSPS) is 17.7. The number of carbonyl (C=O) groups is 2. The Balaban J connectivity index is 1.40. The lowest BCUT2D eigenvalue weighted by molar-refractivity contribution is -0.126. The third-order valence-corrected chi connectivity index (χ3v) is 7.27. The number of aromatic nitrogens is 5. The summed E-state index contributed by atoms with van der Waals surface area (Å²) in [5, 5.41) is 9.79. The Kier molecular flexibility index (Phi) is 7.21. The Morgan fingerprint density at radius 2 is 2.00 bits per heavy atom. The predicted octanol–water partition coefficient (Wildman–Crippen LogP) is 4.24. The molecule has 204 valence electrons. The summed E-state index contributed by atoms with van der Waals surface area (Å²) in [6.45, 7) is 8.08. The summed E-state index contributed by atoms with van der Waals surface area (Å²) in [6, 6.07) is 3.74. The number of rotatable bonds is 5. The first-order valence-corrected chi connectivity index (χ1v) is 13.7. The molecule has 11 nitrogen and oxygen atoms in total. The number of ether oxygens (including phenoxy) is 1. The minimum Gasteiger partial charge on any atom is -0.444 e. The highest BCUT2D eigenvalue weighted by Crippen LogP contribution is 2.31. The van der Waals surface area contributed by atoms with Gasteiger partial charge in [0.1, 0.15) is 21.9 Å². The summed E-state index contributed by atoms with van der Waals surface area (Å²) in [7, 11) is 1.60. The Bertz CT molecular complexity index is 1490. The molecular formula is C27H32N8O3S. The second kappa shape index (κ2) is 10.6. The van der Waals surface area contributed by atoms with Gasteiger partial charge in [0.25, 0.3) is 0 Å². The second-order valence-electron chi connectivity index (χ2n) is 10.6. The quantitative estimate of drug-likeness (QED) is 0.337. The van der Waals surface area contributed by atoms with Crippen molar-refractivity contribution in [3.05, 3.63) is 41.7 Å². The predicted molar refractivity (Wildman–Crippen MR) is 150 cm³/mol. The van der Waals surface area contributed by atoms with Gasteiger partial charge in [0.2, 0.25) is 11.9 Å². The molecule has 4 aromatic heterocycles. The molecule has 1 aliphatic heterocycles. The summed E-state index contributed by atoms with van der Waals surface area (Å²) in [4.78, 5) is 48.6. The van der Waals surface area contributed by atoms with Crippen molar-refractivity contribution in [3.63, 3.8) is 0 Å². The topological polar surface area (TPSA) is 138 Å². The number of nitrogens with zero attached hydrogens (tertiary/aromatic N) is 5. The Morgan fingerprint density at radius 3 is 2.72 bits per heavy atom. The van der Waals surface area contributed by atoms with E-state index in [1.54, 1.807) is 35.7 Å². The number of aryl methyl sites for hydroxylation is 1. The van der Waals surface area contributed by atoms with Crippen molar-refractivity contribution in [2.24, 2.45) is 5.92 Å². The van der Waals surface area contributed by atoms with Crippen molar-refractivity contribution in [1.29, 1.82) is 0 Å². The monoisotopic (exact) mass is 548 g/mol. The van der Waals surface area contributed by atoms with E-state index in [1.807, 2.05) is 51.4 Å². The van der Waals surface area contributed by atoms with E-state index in [4.69, 9.17) is 14.7 Å². The molecule has 4 aromatic rings. The van der Waals surface area contributed by atoms with Crippen LogP contribution < -0.4 is 10.6 Å². The first-order chi connectivity index (χ1) is 18.6. The van der Waals surface area contributed by atoms with Crippen LogP contribution in [0.3, 0.4) is 0 Å². The molecular weight excluding hydrogens is 516 g/mol. The van der Waals surface area contributed by atoms with E-state index in [2.05, 4.69) is 25.6 Å². The number of piperidine rings is 1. The van der Waals surface area contributed by atoms with Gasteiger partial charge in [0, 0.05) is 61.1 Å². The van der Waals surface area contributed by atoms with Gasteiger partial charge in [-0.15, -0.1) is 11.3 Å². The number of aromatic amines is 1. The Morgan fingerprint density at radius 1 is 1.18 bits per heavy atom. The SMILES string of the molecule is CNC(=O)[C@@H]1C[C@H](Nc2ncc(C)c(-c3c[nH]c4nc(-c5nccs5)ccc34)n2)CN(C(=O)OC(C)(C)C)C1. The Labute approximate surface area is 230 Å². The second-order valence-corrected chi connectivity index (χ2v) is 11.5. The van der Waals surface area contributed by atoms with Crippen molar-refractivity contribution < 1.29 is 14.3 Å². The zero-order valence-corrected chi connectivity index (χ0v) is 23.4. The lowest BCUT2D eigenvalue weighted by atomic mass is 9.93. The van der Waals surface area contributed by atoms with Gasteiger partial charge in [0.05, 0.1) is 11.6 Å². The molecule has 1 saturated heterocycles. The largest absolute Gasteiger partial charge is 0.444 e. The van der Waals surface area contributed by atoms with Crippen LogP contribution >= 0.6 is 11.3 Å². The molecule has 0 unspecified atom stereocenters. The maximum absolute atomic E-state index is 12.8. The zero-order chi connectivity index (χ0) is 27.7. The molecule has 0 radical (unpaired) electrons. The number of fused-ring (bicyclic) bond motifs is 1. The molecule has 12 heteroatoms. The van der Waals surface area contributed by atoms with Crippen molar-refractivity contribution in [2.45, 2.75) is 45.8 Å². The molecule has 1 aliphatic rings. The summed E-state index contributed by atoms with van der Waals surface area (Å²) in [6.07, 6.45) is 5.51. The summed E-state index contributed by atoms with van der Waals surface area (Å²) in [5.41, 5.74) is 3.51. The van der Waals surface area contributed by atoms with Gasteiger partial charge in [-0.05, 0) is 51.8 Å². The first kappa shape index (κ1) is 26.5. The number of hydrogen-bond donors (Lipinski definition) is 3. The van der Waals surface area contributed by atoms with Gasteiger partial charge < -0.3 is 25.3 Å². The van der Waals surface area contributed by atoms with Crippen LogP contribution in [0.5, 0.6) is 0 Å². The van der Waals surface area contributed by atoms with E-state index in [0.29, 0.717) is 18.9 Å². The molecule has 0 bridgehead atoms. The van der Waals surface area contributed by atoms with Crippen molar-refractivity contribution in [1.82, 2.24) is 35.1 Å². The first-order valence-electron chi connectivity index (χ1n) is 12.8. The molecule has 0 saturated carbocycles. The van der Waals surface area contributed by atoms with Crippen molar-refractivity contribution in [2.75, 3.05) is 25.5 Å². The van der Waals surface area contributed by atoms with E-state index < -0.39 is 11.7 Å². The summed E-state index contributed by atoms with van der Waals surface area (Å²) < 4.78 is 5.58. The van der Waals surface area contributed by atoms with Gasteiger partial charge in [-0.25, -0.2) is 24.7 Å². The number of thiazole rings is 1. The average Bonchev–Trinajstić information content (AvgIpc) is 3.58. The molecule has 0 spiro atoms. The van der Waals surface area contributed by atoms with Crippen LogP contribution in [0.2, 0.25) is 0 Å². The van der Waals surface area contributed by atoms with Gasteiger partial charge in [0.15, 0.2) is 0 Å². The molecule has 5 heterocycles.